The van der Waals surface area contributed by atoms with Crippen molar-refractivity contribution in [2.24, 2.45) is 0 Å². The number of hydrogen-bond acceptors (Lipinski definition) is 5. The van der Waals surface area contributed by atoms with Crippen molar-refractivity contribution in [3.8, 4) is 23.0 Å². The van der Waals surface area contributed by atoms with Crippen molar-refractivity contribution in [2.75, 3.05) is 28.4 Å². The molecule has 5 nitrogen and oxygen atoms in total. The third kappa shape index (κ3) is 6.59. The second-order valence-corrected chi connectivity index (χ2v) is 9.71. The average Bonchev–Trinajstić information content (AvgIpc) is 2.99. The van der Waals surface area contributed by atoms with E-state index in [1.807, 2.05) is 109 Å². The minimum atomic E-state index is -1.55. The Morgan fingerprint density at radius 2 is 0.737 bits per heavy atom. The van der Waals surface area contributed by atoms with Crippen LogP contribution < -0.4 is 18.9 Å². The van der Waals surface area contributed by atoms with E-state index in [-0.39, 0.29) is 0 Å². The van der Waals surface area contributed by atoms with E-state index in [0.717, 1.165) is 45.3 Å². The number of methoxy groups -OCH3 is 4. The lowest BCUT2D eigenvalue weighted by molar-refractivity contribution is 0.414. The molecule has 0 aromatic heterocycles. The van der Waals surface area contributed by atoms with Gasteiger partial charge < -0.3 is 23.5 Å². The zero-order chi connectivity index (χ0) is 26.9. The molecule has 0 bridgehead atoms. The molecule has 0 aliphatic carbocycles. The zero-order valence-corrected chi connectivity index (χ0v) is 22.7. The van der Waals surface area contributed by atoms with Gasteiger partial charge in [0.2, 0.25) is 0 Å². The van der Waals surface area contributed by atoms with E-state index in [4.69, 9.17) is 18.9 Å². The highest BCUT2D eigenvalue weighted by atomic mass is 32.2. The molecule has 38 heavy (non-hydrogen) atoms. The highest BCUT2D eigenvalue weighted by Gasteiger charge is 2.25. The van der Waals surface area contributed by atoms with Crippen LogP contribution in [0.1, 0.15) is 22.3 Å². The summed E-state index contributed by atoms with van der Waals surface area (Å²) in [4.78, 5) is 1.32. The molecule has 0 N–H and O–H groups in total. The van der Waals surface area contributed by atoms with E-state index in [1.165, 1.54) is 0 Å². The normalized spacial score (nSPS) is 12.6. The van der Waals surface area contributed by atoms with Crippen LogP contribution in [0.5, 0.6) is 23.0 Å². The van der Waals surface area contributed by atoms with Gasteiger partial charge in [-0.2, -0.15) is 0 Å². The number of benzene rings is 4. The molecular formula is C32H30O5S. The highest BCUT2D eigenvalue weighted by molar-refractivity contribution is 8.09. The van der Waals surface area contributed by atoms with Crippen LogP contribution in [0.3, 0.4) is 0 Å². The van der Waals surface area contributed by atoms with Crippen LogP contribution in [0.2, 0.25) is 0 Å². The van der Waals surface area contributed by atoms with Crippen LogP contribution in [0.4, 0.5) is 0 Å². The lowest BCUT2D eigenvalue weighted by Crippen LogP contribution is -2.07. The maximum absolute atomic E-state index is 14.5. The van der Waals surface area contributed by atoms with Gasteiger partial charge in [0.15, 0.2) is 9.81 Å². The smallest absolute Gasteiger partial charge is 0.166 e. The first kappa shape index (κ1) is 26.9. The van der Waals surface area contributed by atoms with Crippen molar-refractivity contribution in [1.82, 2.24) is 0 Å². The third-order valence-electron chi connectivity index (χ3n) is 5.98. The largest absolute Gasteiger partial charge is 0.606 e. The van der Waals surface area contributed by atoms with Crippen molar-refractivity contribution in [1.29, 1.82) is 0 Å². The summed E-state index contributed by atoms with van der Waals surface area (Å²) in [5.41, 5.74) is 3.47. The number of rotatable bonds is 10. The Labute approximate surface area is 227 Å². The van der Waals surface area contributed by atoms with E-state index < -0.39 is 11.2 Å². The summed E-state index contributed by atoms with van der Waals surface area (Å²) >= 11 is -1.55. The van der Waals surface area contributed by atoms with Gasteiger partial charge in [-0.3, -0.25) is 0 Å². The SMILES string of the molecule is COc1ccc(C=C(c2ccc(OC)cc2)[S+]([O-])C(=Cc2ccc(OC)cc2)c2ccc(OC)cc2)cc1. The molecule has 194 valence electrons. The van der Waals surface area contributed by atoms with E-state index in [2.05, 4.69) is 0 Å². The van der Waals surface area contributed by atoms with Gasteiger partial charge in [-0.1, -0.05) is 24.3 Å². The van der Waals surface area contributed by atoms with E-state index in [9.17, 15) is 4.55 Å². The van der Waals surface area contributed by atoms with Gasteiger partial charge in [-0.25, -0.2) is 0 Å². The predicted octanol–water partition coefficient (Wildman–Crippen LogP) is 7.17. The Kier molecular flexibility index (Phi) is 9.14. The maximum Gasteiger partial charge on any atom is 0.166 e. The molecule has 0 radical (unpaired) electrons. The summed E-state index contributed by atoms with van der Waals surface area (Å²) in [5, 5.41) is 0. The van der Waals surface area contributed by atoms with Gasteiger partial charge in [0.05, 0.1) is 28.4 Å². The standard InChI is InChI=1S/C32H30O5S/c1-34-27-13-5-23(6-14-27)21-31(25-9-17-29(36-3)18-10-25)38(33)32(26-11-19-30(37-4)20-12-26)22-24-7-15-28(35-2)16-8-24/h5-22H,1-4H3. The summed E-state index contributed by atoms with van der Waals surface area (Å²) in [7, 11) is 6.52. The van der Waals surface area contributed by atoms with Crippen molar-refractivity contribution in [3.63, 3.8) is 0 Å². The van der Waals surface area contributed by atoms with Crippen LogP contribution in [0.25, 0.3) is 22.0 Å². The van der Waals surface area contributed by atoms with E-state index in [0.29, 0.717) is 9.81 Å². The van der Waals surface area contributed by atoms with Crippen LogP contribution in [0.15, 0.2) is 97.1 Å². The monoisotopic (exact) mass is 526 g/mol. The first-order valence-corrected chi connectivity index (χ1v) is 13.1. The predicted molar refractivity (Wildman–Crippen MR) is 156 cm³/mol. The topological polar surface area (TPSA) is 60.0 Å². The fourth-order valence-electron chi connectivity index (χ4n) is 3.82. The molecule has 6 heteroatoms. The summed E-state index contributed by atoms with van der Waals surface area (Å²) in [6, 6.07) is 30.5. The average molecular weight is 527 g/mol. The first-order chi connectivity index (χ1) is 18.5. The molecule has 0 saturated carbocycles. The zero-order valence-electron chi connectivity index (χ0n) is 21.8. The second-order valence-electron chi connectivity index (χ2n) is 8.29. The molecule has 0 atom stereocenters. The van der Waals surface area contributed by atoms with Crippen molar-refractivity contribution < 1.29 is 23.5 Å². The fraction of sp³-hybridized carbons (Fsp3) is 0.125. The van der Waals surface area contributed by atoms with Crippen molar-refractivity contribution in [2.45, 2.75) is 0 Å². The molecule has 0 spiro atoms. The van der Waals surface area contributed by atoms with Crippen LogP contribution in [-0.4, -0.2) is 33.0 Å². The van der Waals surface area contributed by atoms with E-state index >= 15 is 0 Å². The molecule has 0 fully saturated rings. The minimum absolute atomic E-state index is 0.661. The number of hydrogen-bond donors (Lipinski definition) is 0. The second kappa shape index (κ2) is 12.9. The Balaban J connectivity index is 1.85. The van der Waals surface area contributed by atoms with Crippen molar-refractivity contribution >= 4 is 33.1 Å². The molecule has 0 aliphatic rings. The molecule has 4 rings (SSSR count). The Morgan fingerprint density at radius 1 is 0.474 bits per heavy atom. The lowest BCUT2D eigenvalue weighted by Gasteiger charge is -2.18. The highest BCUT2D eigenvalue weighted by Crippen LogP contribution is 2.37. The van der Waals surface area contributed by atoms with E-state index in [1.54, 1.807) is 28.4 Å². The van der Waals surface area contributed by atoms with Crippen LogP contribution >= 0.6 is 0 Å². The van der Waals surface area contributed by atoms with Crippen LogP contribution in [-0.2, 0) is 11.2 Å². The molecule has 4 aromatic rings. The Bertz CT molecular complexity index is 1270. The molecular weight excluding hydrogens is 496 g/mol. The summed E-state index contributed by atoms with van der Waals surface area (Å²) in [5.74, 6) is 2.97. The maximum atomic E-state index is 14.5. The molecule has 0 heterocycles. The Morgan fingerprint density at radius 3 is 1.00 bits per heavy atom. The van der Waals surface area contributed by atoms with Gasteiger partial charge in [-0.05, 0) is 83.9 Å². The molecule has 0 amide bonds. The van der Waals surface area contributed by atoms with Crippen molar-refractivity contribution in [3.05, 3.63) is 119 Å². The minimum Gasteiger partial charge on any atom is -0.606 e. The summed E-state index contributed by atoms with van der Waals surface area (Å²) in [6.45, 7) is 0. The molecule has 0 unspecified atom stereocenters. The van der Waals surface area contributed by atoms with Gasteiger partial charge in [0.25, 0.3) is 0 Å². The molecule has 0 aliphatic heterocycles. The van der Waals surface area contributed by atoms with Crippen LogP contribution in [0, 0.1) is 0 Å². The fourth-order valence-corrected chi connectivity index (χ4v) is 5.24. The molecule has 0 saturated heterocycles. The van der Waals surface area contributed by atoms with Gasteiger partial charge in [0.1, 0.15) is 23.0 Å². The van der Waals surface area contributed by atoms with Gasteiger partial charge in [-0.15, -0.1) is 0 Å². The van der Waals surface area contributed by atoms with Gasteiger partial charge >= 0.3 is 0 Å². The Hall–Kier alpha value is -4.13. The summed E-state index contributed by atoms with van der Waals surface area (Å²) < 4.78 is 35.8. The summed E-state index contributed by atoms with van der Waals surface area (Å²) in [6.07, 6.45) is 3.89. The third-order valence-corrected chi connectivity index (χ3v) is 7.48. The number of ether oxygens (including phenoxy) is 4. The van der Waals surface area contributed by atoms with Gasteiger partial charge in [0, 0.05) is 34.5 Å². The quantitative estimate of drug-likeness (QED) is 0.162. The first-order valence-electron chi connectivity index (χ1n) is 12.0. The molecule has 4 aromatic carbocycles. The lowest BCUT2D eigenvalue weighted by atomic mass is 10.1.